The second-order valence-electron chi connectivity index (χ2n) is 4.43. The van der Waals surface area contributed by atoms with Crippen molar-refractivity contribution in [1.29, 1.82) is 0 Å². The summed E-state index contributed by atoms with van der Waals surface area (Å²) in [5.74, 6) is -0.267. The van der Waals surface area contributed by atoms with Gasteiger partial charge in [0.25, 0.3) is 0 Å². The SMILES string of the molecule is CCOC(=O)c1ccc(-[c-]2cccc2)cc1.[Fe].[cH-]1[cH-][cH-][cH-][cH-]1. The number of hydrogen-bond donors (Lipinski definition) is 0. The van der Waals surface area contributed by atoms with Gasteiger partial charge >= 0.3 is 5.97 Å². The normalized spacial score (nSPS) is 9.14. The summed E-state index contributed by atoms with van der Waals surface area (Å²) in [7, 11) is 0. The van der Waals surface area contributed by atoms with Gasteiger partial charge in [-0.15, -0.1) is 29.8 Å². The third-order valence-corrected chi connectivity index (χ3v) is 2.95. The van der Waals surface area contributed by atoms with Crippen LogP contribution in [-0.2, 0) is 21.8 Å². The van der Waals surface area contributed by atoms with Crippen LogP contribution in [0.4, 0.5) is 0 Å². The fourth-order valence-electron chi connectivity index (χ4n) is 1.90. The van der Waals surface area contributed by atoms with Gasteiger partial charge in [-0.2, -0.15) is 12.1 Å². The van der Waals surface area contributed by atoms with Crippen LogP contribution in [0.25, 0.3) is 11.1 Å². The summed E-state index contributed by atoms with van der Waals surface area (Å²) < 4.78 is 4.92. The number of carbonyl (C=O) groups is 1. The molecule has 22 heavy (non-hydrogen) atoms. The number of esters is 1. The Balaban J connectivity index is 0.000000344. The van der Waals surface area contributed by atoms with Gasteiger partial charge in [0.1, 0.15) is 0 Å². The van der Waals surface area contributed by atoms with Crippen LogP contribution in [-0.4, -0.2) is 12.6 Å². The summed E-state index contributed by atoms with van der Waals surface area (Å²) in [5, 5.41) is 0. The van der Waals surface area contributed by atoms with Gasteiger partial charge in [-0.25, -0.2) is 4.79 Å². The molecule has 0 aromatic heterocycles. The van der Waals surface area contributed by atoms with E-state index in [2.05, 4.69) is 0 Å². The maximum atomic E-state index is 11.4. The molecule has 0 aliphatic rings. The summed E-state index contributed by atoms with van der Waals surface area (Å²) in [4.78, 5) is 11.4. The van der Waals surface area contributed by atoms with Gasteiger partial charge < -0.3 is 35.1 Å². The second-order valence-corrected chi connectivity index (χ2v) is 4.43. The minimum Gasteiger partial charge on any atom is -0.748 e. The Morgan fingerprint density at radius 2 is 1.50 bits per heavy atom. The van der Waals surface area contributed by atoms with Crippen LogP contribution in [0.2, 0.25) is 0 Å². The molecule has 3 heteroatoms. The molecule has 0 saturated carbocycles. The molecule has 0 spiro atoms. The molecule has 0 heterocycles. The topological polar surface area (TPSA) is 26.3 Å². The minimum absolute atomic E-state index is 0. The van der Waals surface area contributed by atoms with E-state index >= 15 is 0 Å². The predicted molar refractivity (Wildman–Crippen MR) is 85.5 cm³/mol. The second kappa shape index (κ2) is 9.77. The fourth-order valence-corrected chi connectivity index (χ4v) is 1.90. The van der Waals surface area contributed by atoms with Gasteiger partial charge in [0.05, 0.1) is 6.61 Å². The molecule has 0 unspecified atom stereocenters. The Morgan fingerprint density at radius 3 is 1.95 bits per heavy atom. The predicted octanol–water partition coefficient (Wildman–Crippen LogP) is 4.65. The van der Waals surface area contributed by atoms with Crippen LogP contribution < -0.4 is 0 Å². The standard InChI is InChI=1S/C14H13O2.C5H5.Fe/c1-2-16-14(15)13-9-7-12(8-10-13)11-5-3-4-6-11;1-2-4-5-3-1;/h3-10H,2H2,1H3;1-5H;/q-1;-5;. The zero-order chi connectivity index (χ0) is 14.9. The maximum absolute atomic E-state index is 11.4. The van der Waals surface area contributed by atoms with Crippen molar-refractivity contribution >= 4 is 5.97 Å². The summed E-state index contributed by atoms with van der Waals surface area (Å²) in [6.07, 6.45) is 0. The van der Waals surface area contributed by atoms with Crippen molar-refractivity contribution < 1.29 is 26.6 Å². The molecule has 0 atom stereocenters. The Labute approximate surface area is 141 Å². The number of ether oxygens (including phenoxy) is 1. The number of benzene rings is 1. The van der Waals surface area contributed by atoms with E-state index in [1.807, 2.05) is 66.7 Å². The molecule has 120 valence electrons. The van der Waals surface area contributed by atoms with Crippen molar-refractivity contribution in [1.82, 2.24) is 0 Å². The molecular formula is C19H18FeO2-6. The first-order valence-corrected chi connectivity index (χ1v) is 6.97. The molecule has 0 radical (unpaired) electrons. The van der Waals surface area contributed by atoms with Crippen LogP contribution in [0, 0.1) is 0 Å². The first-order valence-electron chi connectivity index (χ1n) is 6.97. The van der Waals surface area contributed by atoms with E-state index in [0.717, 1.165) is 11.1 Å². The smallest absolute Gasteiger partial charge is 0.336 e. The number of rotatable bonds is 3. The Bertz CT molecular complexity index is 605. The van der Waals surface area contributed by atoms with Crippen molar-refractivity contribution in [3.63, 3.8) is 0 Å². The van der Waals surface area contributed by atoms with Gasteiger partial charge in [-0.3, -0.25) is 0 Å². The van der Waals surface area contributed by atoms with Crippen LogP contribution in [0.3, 0.4) is 0 Å². The molecule has 0 fully saturated rings. The first kappa shape index (κ1) is 18.0. The van der Waals surface area contributed by atoms with E-state index in [1.54, 1.807) is 19.1 Å². The molecule has 0 N–H and O–H groups in total. The molecular weight excluding hydrogens is 316 g/mol. The van der Waals surface area contributed by atoms with E-state index < -0.39 is 0 Å². The van der Waals surface area contributed by atoms with Crippen molar-refractivity contribution in [2.75, 3.05) is 6.61 Å². The van der Waals surface area contributed by atoms with Gasteiger partial charge in [0.2, 0.25) is 0 Å². The molecule has 3 aromatic carbocycles. The molecule has 3 rings (SSSR count). The molecule has 0 aliphatic heterocycles. The third kappa shape index (κ3) is 5.36. The zero-order valence-corrected chi connectivity index (χ0v) is 13.5. The summed E-state index contributed by atoms with van der Waals surface area (Å²) >= 11 is 0. The van der Waals surface area contributed by atoms with Crippen LogP contribution >= 0.6 is 0 Å². The van der Waals surface area contributed by atoms with Crippen LogP contribution in [0.1, 0.15) is 17.3 Å². The summed E-state index contributed by atoms with van der Waals surface area (Å²) in [6.45, 7) is 2.21. The van der Waals surface area contributed by atoms with E-state index in [4.69, 9.17) is 4.74 Å². The number of carbonyl (C=O) groups excluding carboxylic acids is 1. The Morgan fingerprint density at radius 1 is 1.00 bits per heavy atom. The fraction of sp³-hybridized carbons (Fsp3) is 0.105. The molecule has 0 aliphatic carbocycles. The van der Waals surface area contributed by atoms with Gasteiger partial charge in [0.15, 0.2) is 0 Å². The van der Waals surface area contributed by atoms with E-state index in [-0.39, 0.29) is 23.0 Å². The monoisotopic (exact) mass is 334 g/mol. The first-order chi connectivity index (χ1) is 10.3. The average Bonchev–Trinajstić information content (AvgIpc) is 3.23. The largest absolute Gasteiger partial charge is 0.748 e. The zero-order valence-electron chi connectivity index (χ0n) is 12.4. The van der Waals surface area contributed by atoms with E-state index in [9.17, 15) is 4.79 Å². The van der Waals surface area contributed by atoms with Crippen LogP contribution in [0.15, 0.2) is 78.9 Å². The van der Waals surface area contributed by atoms with E-state index in [0.29, 0.717) is 12.2 Å². The van der Waals surface area contributed by atoms with E-state index in [1.165, 1.54) is 0 Å². The van der Waals surface area contributed by atoms with Crippen molar-refractivity contribution in [2.45, 2.75) is 6.92 Å². The number of hydrogen-bond acceptors (Lipinski definition) is 2. The van der Waals surface area contributed by atoms with Crippen molar-refractivity contribution in [2.24, 2.45) is 0 Å². The molecule has 2 nitrogen and oxygen atoms in total. The summed E-state index contributed by atoms with van der Waals surface area (Å²) in [5.41, 5.74) is 2.87. The van der Waals surface area contributed by atoms with Gasteiger partial charge in [0, 0.05) is 22.6 Å². The van der Waals surface area contributed by atoms with Crippen molar-refractivity contribution in [3.8, 4) is 11.1 Å². The molecule has 3 aromatic rings. The Hall–Kier alpha value is -2.09. The average molecular weight is 334 g/mol. The molecule has 0 bridgehead atoms. The third-order valence-electron chi connectivity index (χ3n) is 2.95. The minimum atomic E-state index is -0.267. The quantitative estimate of drug-likeness (QED) is 0.396. The van der Waals surface area contributed by atoms with Gasteiger partial charge in [-0.05, 0) is 6.92 Å². The maximum Gasteiger partial charge on any atom is 0.336 e. The summed E-state index contributed by atoms with van der Waals surface area (Å²) in [6, 6.07) is 25.5. The van der Waals surface area contributed by atoms with Crippen molar-refractivity contribution in [3.05, 3.63) is 84.4 Å². The molecule has 0 amide bonds. The molecule has 0 saturated heterocycles. The Kier molecular flexibility index (Phi) is 7.98. The van der Waals surface area contributed by atoms with Crippen LogP contribution in [0.5, 0.6) is 0 Å². The van der Waals surface area contributed by atoms with Gasteiger partial charge in [-0.1, -0.05) is 17.7 Å².